The minimum atomic E-state index is -1.02. The van der Waals surface area contributed by atoms with Gasteiger partial charge in [0.1, 0.15) is 6.17 Å². The van der Waals surface area contributed by atoms with Crippen molar-refractivity contribution in [2.75, 3.05) is 6.61 Å². The van der Waals surface area contributed by atoms with Crippen molar-refractivity contribution in [1.82, 2.24) is 0 Å². The summed E-state index contributed by atoms with van der Waals surface area (Å²) in [6.45, 7) is 8.14. The fraction of sp³-hybridized carbons (Fsp3) is 0.526. The maximum atomic E-state index is 14.2. The lowest BCUT2D eigenvalue weighted by atomic mass is 9.98. The van der Waals surface area contributed by atoms with Gasteiger partial charge in [-0.05, 0) is 36.6 Å². The number of alkyl halides is 1. The van der Waals surface area contributed by atoms with Gasteiger partial charge in [0.15, 0.2) is 0 Å². The first-order chi connectivity index (χ1) is 10.6. The first-order valence-corrected chi connectivity index (χ1v) is 8.20. The Kier molecular flexibility index (Phi) is 8.49. The van der Waals surface area contributed by atoms with Crippen molar-refractivity contribution in [3.63, 3.8) is 0 Å². The number of ether oxygens (including phenoxy) is 1. The molecule has 0 radical (unpaired) electrons. The van der Waals surface area contributed by atoms with Gasteiger partial charge in [-0.15, -0.1) is 0 Å². The smallest absolute Gasteiger partial charge is 0.338 e. The second-order valence-corrected chi connectivity index (χ2v) is 5.49. The summed E-state index contributed by atoms with van der Waals surface area (Å²) < 4.78 is 19.1. The van der Waals surface area contributed by atoms with Crippen LogP contribution in [0.25, 0.3) is 5.57 Å². The van der Waals surface area contributed by atoms with Crippen molar-refractivity contribution < 1.29 is 13.9 Å². The average Bonchev–Trinajstić information content (AvgIpc) is 2.54. The molecule has 0 aromatic heterocycles. The topological polar surface area (TPSA) is 26.3 Å². The number of allylic oxidation sites excluding steroid dienone is 1. The van der Waals surface area contributed by atoms with E-state index in [1.807, 2.05) is 0 Å². The van der Waals surface area contributed by atoms with Crippen LogP contribution in [0.2, 0.25) is 0 Å². The number of carbonyl (C=O) groups is 1. The monoisotopic (exact) mass is 306 g/mol. The Morgan fingerprint density at radius 2 is 1.68 bits per heavy atom. The van der Waals surface area contributed by atoms with Crippen molar-refractivity contribution in [3.8, 4) is 0 Å². The van der Waals surface area contributed by atoms with Gasteiger partial charge >= 0.3 is 5.97 Å². The number of halogens is 1. The van der Waals surface area contributed by atoms with Crippen LogP contribution >= 0.6 is 0 Å². The van der Waals surface area contributed by atoms with Crippen LogP contribution in [-0.2, 0) is 4.74 Å². The molecule has 0 aliphatic rings. The van der Waals surface area contributed by atoms with Crippen molar-refractivity contribution in [2.24, 2.45) is 0 Å². The van der Waals surface area contributed by atoms with Gasteiger partial charge in [-0.2, -0.15) is 0 Å². The van der Waals surface area contributed by atoms with Crippen LogP contribution in [0.5, 0.6) is 0 Å². The first-order valence-electron chi connectivity index (χ1n) is 8.20. The first kappa shape index (κ1) is 18.4. The van der Waals surface area contributed by atoms with Gasteiger partial charge in [-0.3, -0.25) is 0 Å². The lowest BCUT2D eigenvalue weighted by Crippen LogP contribution is -2.06. The van der Waals surface area contributed by atoms with Crippen molar-refractivity contribution in [1.29, 1.82) is 0 Å². The molecule has 0 bridgehead atoms. The quantitative estimate of drug-likeness (QED) is 0.417. The molecule has 1 aromatic rings. The summed E-state index contributed by atoms with van der Waals surface area (Å²) in [6.07, 6.45) is 5.04. The molecule has 0 aliphatic carbocycles. The summed E-state index contributed by atoms with van der Waals surface area (Å²) in [5.41, 5.74) is 1.72. The van der Waals surface area contributed by atoms with Crippen molar-refractivity contribution >= 4 is 11.5 Å². The fourth-order valence-corrected chi connectivity index (χ4v) is 2.32. The van der Waals surface area contributed by atoms with E-state index in [1.54, 1.807) is 31.2 Å². The summed E-state index contributed by atoms with van der Waals surface area (Å²) in [4.78, 5) is 11.6. The molecule has 0 spiro atoms. The molecule has 0 saturated carbocycles. The van der Waals surface area contributed by atoms with Crippen molar-refractivity contribution in [3.05, 3.63) is 42.0 Å². The number of rotatable bonds is 10. The van der Waals surface area contributed by atoms with E-state index in [0.29, 0.717) is 24.2 Å². The third-order valence-corrected chi connectivity index (χ3v) is 3.71. The van der Waals surface area contributed by atoms with Gasteiger partial charge in [0.2, 0.25) is 0 Å². The maximum absolute atomic E-state index is 14.2. The van der Waals surface area contributed by atoms with Gasteiger partial charge < -0.3 is 4.74 Å². The minimum Gasteiger partial charge on any atom is -0.462 e. The Bertz CT molecular complexity index is 465. The van der Waals surface area contributed by atoms with E-state index in [1.165, 1.54) is 19.3 Å². The van der Waals surface area contributed by atoms with E-state index in [-0.39, 0.29) is 5.97 Å². The third kappa shape index (κ3) is 6.00. The lowest BCUT2D eigenvalue weighted by molar-refractivity contribution is 0.0526. The Hall–Kier alpha value is -1.64. The van der Waals surface area contributed by atoms with E-state index in [4.69, 9.17) is 4.74 Å². The standard InChI is InChI=1S/C19H27FO2/c1-4-6-7-8-9-10-18(20)15(3)16-11-13-17(14-12-16)19(21)22-5-2/h11-14,18H,3-10H2,1-2H3. The number of hydrogen-bond donors (Lipinski definition) is 0. The number of hydrogen-bond acceptors (Lipinski definition) is 2. The molecule has 0 N–H and O–H groups in total. The predicted molar refractivity (Wildman–Crippen MR) is 89.7 cm³/mol. The molecule has 1 rings (SSSR count). The summed E-state index contributed by atoms with van der Waals surface area (Å²) >= 11 is 0. The third-order valence-electron chi connectivity index (χ3n) is 3.71. The maximum Gasteiger partial charge on any atom is 0.338 e. The number of benzene rings is 1. The minimum absolute atomic E-state index is 0.345. The van der Waals surface area contributed by atoms with Gasteiger partial charge in [0, 0.05) is 0 Å². The fourth-order valence-electron chi connectivity index (χ4n) is 2.32. The van der Waals surface area contributed by atoms with E-state index in [0.717, 1.165) is 18.4 Å². The molecule has 122 valence electrons. The zero-order valence-electron chi connectivity index (χ0n) is 13.7. The van der Waals surface area contributed by atoms with Crippen LogP contribution in [0.3, 0.4) is 0 Å². The highest BCUT2D eigenvalue weighted by Crippen LogP contribution is 2.24. The van der Waals surface area contributed by atoms with E-state index in [9.17, 15) is 9.18 Å². The van der Waals surface area contributed by atoms with Gasteiger partial charge in [-0.25, -0.2) is 9.18 Å². The molecular formula is C19H27FO2. The molecule has 0 aliphatic heterocycles. The summed E-state index contributed by atoms with van der Waals surface area (Å²) in [5, 5.41) is 0. The van der Waals surface area contributed by atoms with Crippen LogP contribution in [0, 0.1) is 0 Å². The summed E-state index contributed by atoms with van der Waals surface area (Å²) in [5.74, 6) is -0.354. The van der Waals surface area contributed by atoms with Crippen LogP contribution < -0.4 is 0 Å². The molecule has 1 atom stereocenters. The molecule has 3 heteroatoms. The Morgan fingerprint density at radius 1 is 1.09 bits per heavy atom. The molecule has 0 fully saturated rings. The SMILES string of the molecule is C=C(c1ccc(C(=O)OCC)cc1)C(F)CCCCCCC. The Balaban J connectivity index is 2.49. The lowest BCUT2D eigenvalue weighted by Gasteiger charge is -2.12. The van der Waals surface area contributed by atoms with Gasteiger partial charge in [-0.1, -0.05) is 57.7 Å². The molecule has 1 aromatic carbocycles. The van der Waals surface area contributed by atoms with E-state index < -0.39 is 6.17 Å². The number of esters is 1. The zero-order valence-corrected chi connectivity index (χ0v) is 13.7. The normalized spacial score (nSPS) is 12.0. The summed E-state index contributed by atoms with van der Waals surface area (Å²) in [7, 11) is 0. The highest BCUT2D eigenvalue weighted by molar-refractivity contribution is 5.89. The number of unbranched alkanes of at least 4 members (excludes halogenated alkanes) is 4. The van der Waals surface area contributed by atoms with E-state index >= 15 is 0 Å². The molecular weight excluding hydrogens is 279 g/mol. The van der Waals surface area contributed by atoms with Crippen LogP contribution in [0.1, 0.15) is 68.3 Å². The van der Waals surface area contributed by atoms with Gasteiger partial charge in [0.05, 0.1) is 12.2 Å². The Morgan fingerprint density at radius 3 is 2.27 bits per heavy atom. The molecule has 22 heavy (non-hydrogen) atoms. The molecule has 0 heterocycles. The summed E-state index contributed by atoms with van der Waals surface area (Å²) in [6, 6.07) is 6.79. The van der Waals surface area contributed by atoms with Crippen LogP contribution in [0.4, 0.5) is 4.39 Å². The van der Waals surface area contributed by atoms with Crippen LogP contribution in [0.15, 0.2) is 30.8 Å². The molecule has 0 saturated heterocycles. The number of carbonyl (C=O) groups excluding carboxylic acids is 1. The van der Waals surface area contributed by atoms with Crippen LogP contribution in [-0.4, -0.2) is 18.7 Å². The zero-order chi connectivity index (χ0) is 16.4. The Labute approximate surface area is 133 Å². The molecule has 2 nitrogen and oxygen atoms in total. The predicted octanol–water partition coefficient (Wildman–Crippen LogP) is 5.58. The highest BCUT2D eigenvalue weighted by atomic mass is 19.1. The van der Waals surface area contributed by atoms with E-state index in [2.05, 4.69) is 13.5 Å². The highest BCUT2D eigenvalue weighted by Gasteiger charge is 2.13. The molecule has 0 amide bonds. The van der Waals surface area contributed by atoms with Crippen molar-refractivity contribution in [2.45, 2.75) is 58.5 Å². The molecule has 1 unspecified atom stereocenters. The second-order valence-electron chi connectivity index (χ2n) is 5.49. The largest absolute Gasteiger partial charge is 0.462 e. The van der Waals surface area contributed by atoms with Gasteiger partial charge in [0.25, 0.3) is 0 Å². The average molecular weight is 306 g/mol. The second kappa shape index (κ2) is 10.1.